The highest BCUT2D eigenvalue weighted by Crippen LogP contribution is 2.29. The lowest BCUT2D eigenvalue weighted by Crippen LogP contribution is -2.54. The van der Waals surface area contributed by atoms with Crippen LogP contribution in [0.2, 0.25) is 0 Å². The van der Waals surface area contributed by atoms with Crippen LogP contribution in [0.1, 0.15) is 38.0 Å². The number of nitrogens with zero attached hydrogens (tertiary/aromatic N) is 3. The molecule has 0 unspecified atom stereocenters. The molecule has 0 bridgehead atoms. The zero-order chi connectivity index (χ0) is 16.4. The number of morpholine rings is 1. The number of carbonyl (C=O) groups excluding carboxylic acids is 1. The van der Waals surface area contributed by atoms with E-state index in [1.54, 1.807) is 11.3 Å². The Morgan fingerprint density at radius 1 is 1.33 bits per heavy atom. The van der Waals surface area contributed by atoms with Crippen LogP contribution in [0.3, 0.4) is 0 Å². The first-order valence-electron chi connectivity index (χ1n) is 8.57. The van der Waals surface area contributed by atoms with E-state index >= 15 is 0 Å². The third-order valence-electron chi connectivity index (χ3n) is 4.84. The van der Waals surface area contributed by atoms with Crippen LogP contribution in [0.15, 0.2) is 21.2 Å². The van der Waals surface area contributed by atoms with Gasteiger partial charge in [0.2, 0.25) is 17.7 Å². The quantitative estimate of drug-likeness (QED) is 0.851. The van der Waals surface area contributed by atoms with Crippen molar-refractivity contribution in [2.75, 3.05) is 13.2 Å². The molecule has 2 aromatic rings. The topological polar surface area (TPSA) is 68.5 Å². The van der Waals surface area contributed by atoms with Gasteiger partial charge in [0.05, 0.1) is 18.8 Å². The molecule has 1 aliphatic heterocycles. The Morgan fingerprint density at radius 2 is 2.25 bits per heavy atom. The Labute approximate surface area is 144 Å². The second-order valence-electron chi connectivity index (χ2n) is 6.36. The van der Waals surface area contributed by atoms with Crippen LogP contribution in [0.5, 0.6) is 0 Å². The maximum Gasteiger partial charge on any atom is 0.248 e. The van der Waals surface area contributed by atoms with Crippen molar-refractivity contribution in [3.63, 3.8) is 0 Å². The van der Waals surface area contributed by atoms with E-state index in [2.05, 4.69) is 10.2 Å². The number of carbonyl (C=O) groups is 1. The summed E-state index contributed by atoms with van der Waals surface area (Å²) in [6.45, 7) is 1.35. The summed E-state index contributed by atoms with van der Waals surface area (Å²) < 4.78 is 11.5. The molecule has 0 N–H and O–H groups in total. The minimum Gasteiger partial charge on any atom is -0.421 e. The van der Waals surface area contributed by atoms with Crippen LogP contribution in [0.4, 0.5) is 0 Å². The Kier molecular flexibility index (Phi) is 4.62. The minimum atomic E-state index is 0.172. The van der Waals surface area contributed by atoms with Gasteiger partial charge in [0.25, 0.3) is 0 Å². The van der Waals surface area contributed by atoms with Gasteiger partial charge in [-0.05, 0) is 24.3 Å². The molecule has 4 rings (SSSR count). The normalized spacial score (nSPS) is 23.9. The molecule has 6 nitrogen and oxygen atoms in total. The van der Waals surface area contributed by atoms with Crippen molar-refractivity contribution in [1.82, 2.24) is 15.1 Å². The summed E-state index contributed by atoms with van der Waals surface area (Å²) in [4.78, 5) is 14.7. The zero-order valence-electron chi connectivity index (χ0n) is 13.5. The van der Waals surface area contributed by atoms with E-state index in [-0.39, 0.29) is 18.1 Å². The van der Waals surface area contributed by atoms with Crippen LogP contribution >= 0.6 is 11.3 Å². The van der Waals surface area contributed by atoms with Crippen LogP contribution in [0, 0.1) is 0 Å². The van der Waals surface area contributed by atoms with Crippen molar-refractivity contribution in [3.05, 3.63) is 22.7 Å². The van der Waals surface area contributed by atoms with Gasteiger partial charge in [-0.2, -0.15) is 11.3 Å². The number of hydrogen-bond donors (Lipinski definition) is 0. The van der Waals surface area contributed by atoms with Gasteiger partial charge in [0, 0.05) is 30.3 Å². The first kappa shape index (κ1) is 15.8. The SMILES string of the molecule is O=C(CCc1nnc(-c2ccsc2)o1)N1CCO[C@@H]2CCCC[C@@H]21. The lowest BCUT2D eigenvalue weighted by atomic mass is 9.90. The largest absolute Gasteiger partial charge is 0.421 e. The summed E-state index contributed by atoms with van der Waals surface area (Å²) in [6, 6.07) is 2.20. The van der Waals surface area contributed by atoms with Crippen molar-refractivity contribution < 1.29 is 13.9 Å². The molecule has 0 radical (unpaired) electrons. The number of fused-ring (bicyclic) bond motifs is 1. The summed E-state index contributed by atoms with van der Waals surface area (Å²) in [7, 11) is 0. The van der Waals surface area contributed by atoms with Crippen LogP contribution in [-0.2, 0) is 16.0 Å². The predicted octanol–water partition coefficient (Wildman–Crippen LogP) is 2.90. The Hall–Kier alpha value is -1.73. The van der Waals surface area contributed by atoms with Gasteiger partial charge in [-0.1, -0.05) is 12.8 Å². The Balaban J connectivity index is 1.36. The van der Waals surface area contributed by atoms with E-state index < -0.39 is 0 Å². The average molecular weight is 347 g/mol. The van der Waals surface area contributed by atoms with Crippen LogP contribution < -0.4 is 0 Å². The van der Waals surface area contributed by atoms with E-state index in [1.807, 2.05) is 21.7 Å². The van der Waals surface area contributed by atoms with E-state index in [9.17, 15) is 4.79 Å². The third kappa shape index (κ3) is 3.23. The number of aromatic nitrogens is 2. The average Bonchev–Trinajstić information content (AvgIpc) is 3.30. The van der Waals surface area contributed by atoms with Crippen molar-refractivity contribution >= 4 is 17.2 Å². The number of aryl methyl sites for hydroxylation is 1. The molecule has 0 spiro atoms. The molecule has 2 aromatic heterocycles. The van der Waals surface area contributed by atoms with E-state index in [0.717, 1.165) is 18.4 Å². The summed E-state index contributed by atoms with van der Waals surface area (Å²) in [6.07, 6.45) is 5.64. The fourth-order valence-electron chi connectivity index (χ4n) is 3.62. The predicted molar refractivity (Wildman–Crippen MR) is 89.6 cm³/mol. The first-order chi connectivity index (χ1) is 11.8. The van der Waals surface area contributed by atoms with E-state index in [4.69, 9.17) is 9.15 Å². The smallest absolute Gasteiger partial charge is 0.248 e. The van der Waals surface area contributed by atoms with Crippen molar-refractivity contribution in [2.24, 2.45) is 0 Å². The van der Waals surface area contributed by atoms with Gasteiger partial charge in [0.15, 0.2) is 0 Å². The number of hydrogen-bond acceptors (Lipinski definition) is 6. The van der Waals surface area contributed by atoms with Gasteiger partial charge in [0.1, 0.15) is 0 Å². The molecular formula is C17H21N3O3S. The van der Waals surface area contributed by atoms with Crippen molar-refractivity contribution in [3.8, 4) is 11.5 Å². The van der Waals surface area contributed by atoms with Crippen molar-refractivity contribution in [1.29, 1.82) is 0 Å². The standard InChI is InChI=1S/C17H21N3O3S/c21-16(20-8-9-22-14-4-2-1-3-13(14)20)6-5-15-18-19-17(23-15)12-7-10-24-11-12/h7,10-11,13-14H,1-6,8-9H2/t13-,14+/m0/s1. The summed E-state index contributed by atoms with van der Waals surface area (Å²) in [5, 5.41) is 12.1. The highest BCUT2D eigenvalue weighted by Gasteiger charge is 2.36. The van der Waals surface area contributed by atoms with Crippen LogP contribution in [0.25, 0.3) is 11.5 Å². The maximum absolute atomic E-state index is 12.6. The molecule has 1 saturated carbocycles. The highest BCUT2D eigenvalue weighted by atomic mass is 32.1. The molecule has 1 aliphatic carbocycles. The van der Waals surface area contributed by atoms with Crippen molar-refractivity contribution in [2.45, 2.75) is 50.7 Å². The number of amides is 1. The summed E-state index contributed by atoms with van der Waals surface area (Å²) in [5.41, 5.74) is 0.934. The van der Waals surface area contributed by atoms with Gasteiger partial charge in [-0.15, -0.1) is 10.2 Å². The molecule has 24 heavy (non-hydrogen) atoms. The number of ether oxygens (including phenoxy) is 1. The van der Waals surface area contributed by atoms with Gasteiger partial charge in [-0.25, -0.2) is 0 Å². The monoisotopic (exact) mass is 347 g/mol. The first-order valence-corrected chi connectivity index (χ1v) is 9.51. The molecule has 1 saturated heterocycles. The molecule has 2 fully saturated rings. The second kappa shape index (κ2) is 7.03. The molecule has 1 amide bonds. The van der Waals surface area contributed by atoms with E-state index in [1.165, 1.54) is 12.8 Å². The molecular weight excluding hydrogens is 326 g/mol. The molecule has 2 atom stereocenters. The minimum absolute atomic E-state index is 0.172. The van der Waals surface area contributed by atoms with Gasteiger partial charge >= 0.3 is 0 Å². The fraction of sp³-hybridized carbons (Fsp3) is 0.588. The molecule has 2 aliphatic rings. The fourth-order valence-corrected chi connectivity index (χ4v) is 4.25. The maximum atomic E-state index is 12.6. The molecule has 128 valence electrons. The molecule has 3 heterocycles. The second-order valence-corrected chi connectivity index (χ2v) is 7.14. The number of rotatable bonds is 4. The summed E-state index contributed by atoms with van der Waals surface area (Å²) in [5.74, 6) is 1.22. The van der Waals surface area contributed by atoms with Gasteiger partial charge < -0.3 is 14.1 Å². The van der Waals surface area contributed by atoms with E-state index in [0.29, 0.717) is 37.8 Å². The van der Waals surface area contributed by atoms with Gasteiger partial charge in [-0.3, -0.25) is 4.79 Å². The lowest BCUT2D eigenvalue weighted by Gasteiger charge is -2.43. The summed E-state index contributed by atoms with van der Waals surface area (Å²) >= 11 is 1.59. The third-order valence-corrected chi connectivity index (χ3v) is 5.52. The zero-order valence-corrected chi connectivity index (χ0v) is 14.3. The Morgan fingerprint density at radius 3 is 3.12 bits per heavy atom. The molecule has 7 heteroatoms. The molecule has 0 aromatic carbocycles. The Bertz CT molecular complexity index is 683. The number of thiophene rings is 1. The highest BCUT2D eigenvalue weighted by molar-refractivity contribution is 7.08. The van der Waals surface area contributed by atoms with Crippen LogP contribution in [-0.4, -0.2) is 46.3 Å². The lowest BCUT2D eigenvalue weighted by molar-refractivity contribution is -0.149.